The van der Waals surface area contributed by atoms with E-state index in [9.17, 15) is 14.7 Å². The molecule has 1 N–H and O–H groups in total. The molecule has 3 atom stereocenters. The molecule has 0 radical (unpaired) electrons. The highest BCUT2D eigenvalue weighted by molar-refractivity contribution is 5.75. The molecule has 3 rings (SSSR count). The molecule has 0 bridgehead atoms. The molecular formula is C20H27NO4. The summed E-state index contributed by atoms with van der Waals surface area (Å²) in [6.45, 7) is 5.34. The highest BCUT2D eigenvalue weighted by Crippen LogP contribution is 2.51. The second-order valence-corrected chi connectivity index (χ2v) is 8.03. The quantitative estimate of drug-likeness (QED) is 0.905. The van der Waals surface area contributed by atoms with E-state index in [1.165, 1.54) is 0 Å². The number of benzene rings is 1. The lowest BCUT2D eigenvalue weighted by molar-refractivity contribution is -0.146. The Bertz CT molecular complexity index is 620. The largest absolute Gasteiger partial charge is 0.481 e. The first-order valence-electron chi connectivity index (χ1n) is 9.08. The van der Waals surface area contributed by atoms with Gasteiger partial charge in [-0.15, -0.1) is 0 Å². The summed E-state index contributed by atoms with van der Waals surface area (Å²) in [4.78, 5) is 25.9. The third kappa shape index (κ3) is 3.80. The monoisotopic (exact) mass is 345 g/mol. The predicted molar refractivity (Wildman–Crippen MR) is 93.9 cm³/mol. The number of carbonyl (C=O) groups is 2. The van der Waals surface area contributed by atoms with E-state index >= 15 is 0 Å². The number of likely N-dealkylation sites (tertiary alicyclic amines) is 1. The van der Waals surface area contributed by atoms with Crippen molar-refractivity contribution in [3.05, 3.63) is 35.9 Å². The van der Waals surface area contributed by atoms with E-state index in [1.54, 1.807) is 4.90 Å². The average Bonchev–Trinajstić information content (AvgIpc) is 2.91. The minimum atomic E-state index is -0.792. The molecule has 1 amide bonds. The summed E-state index contributed by atoms with van der Waals surface area (Å²) in [5.74, 6) is -0.307. The molecule has 1 saturated carbocycles. The van der Waals surface area contributed by atoms with Crippen LogP contribution in [0.2, 0.25) is 0 Å². The van der Waals surface area contributed by atoms with Gasteiger partial charge in [0.05, 0.1) is 5.92 Å². The Morgan fingerprint density at radius 1 is 1.20 bits per heavy atom. The molecule has 1 aliphatic heterocycles. The maximum atomic E-state index is 12.5. The Hall–Kier alpha value is -2.04. The highest BCUT2D eigenvalue weighted by Gasteiger charge is 2.54. The standard InChI is InChI=1S/C20H27NO4/c1-14-8-15(2)10-20(9-14)13-21(11-17(20)18(22)23)19(24)25-12-16-6-4-3-5-7-16/h3-7,14-15,17H,8-13H2,1-2H3,(H,22,23). The minimum absolute atomic E-state index is 0.216. The Labute approximate surface area is 149 Å². The van der Waals surface area contributed by atoms with E-state index in [1.807, 2.05) is 30.3 Å². The molecule has 1 spiro atoms. The number of carboxylic acids is 1. The van der Waals surface area contributed by atoms with Crippen LogP contribution in [0.25, 0.3) is 0 Å². The van der Waals surface area contributed by atoms with Gasteiger partial charge in [0.25, 0.3) is 0 Å². The first-order valence-corrected chi connectivity index (χ1v) is 9.08. The molecule has 1 aliphatic carbocycles. The van der Waals surface area contributed by atoms with Gasteiger partial charge in [0, 0.05) is 18.5 Å². The highest BCUT2D eigenvalue weighted by atomic mass is 16.6. The number of nitrogens with zero attached hydrogens (tertiary/aromatic N) is 1. The summed E-state index contributed by atoms with van der Waals surface area (Å²) >= 11 is 0. The van der Waals surface area contributed by atoms with Crippen LogP contribution in [0.1, 0.15) is 38.7 Å². The SMILES string of the molecule is CC1CC(C)CC2(C1)CN(C(=O)OCc1ccccc1)CC2C(=O)O. The maximum absolute atomic E-state index is 12.5. The van der Waals surface area contributed by atoms with Gasteiger partial charge in [-0.2, -0.15) is 0 Å². The van der Waals surface area contributed by atoms with Crippen molar-refractivity contribution in [2.75, 3.05) is 13.1 Å². The fourth-order valence-electron chi connectivity index (χ4n) is 5.00. The van der Waals surface area contributed by atoms with Gasteiger partial charge in [0.15, 0.2) is 0 Å². The molecule has 1 aromatic carbocycles. The molecule has 5 heteroatoms. The topological polar surface area (TPSA) is 66.8 Å². The number of carbonyl (C=O) groups excluding carboxylic acids is 1. The number of aliphatic carboxylic acids is 1. The second kappa shape index (κ2) is 7.06. The van der Waals surface area contributed by atoms with Gasteiger partial charge in [-0.05, 0) is 36.7 Å². The fourth-order valence-corrected chi connectivity index (χ4v) is 5.00. The average molecular weight is 345 g/mol. The Balaban J connectivity index is 1.69. The van der Waals surface area contributed by atoms with Crippen LogP contribution in [0.4, 0.5) is 4.79 Å². The van der Waals surface area contributed by atoms with Crippen molar-refractivity contribution in [1.29, 1.82) is 0 Å². The predicted octanol–water partition coefficient (Wildman–Crippen LogP) is 3.78. The van der Waals surface area contributed by atoms with Crippen molar-refractivity contribution >= 4 is 12.1 Å². The van der Waals surface area contributed by atoms with Gasteiger partial charge in [-0.1, -0.05) is 44.2 Å². The van der Waals surface area contributed by atoms with Gasteiger partial charge < -0.3 is 14.7 Å². The molecule has 5 nitrogen and oxygen atoms in total. The van der Waals surface area contributed by atoms with Crippen LogP contribution in [0, 0.1) is 23.2 Å². The molecule has 2 fully saturated rings. The normalized spacial score (nSPS) is 31.9. The van der Waals surface area contributed by atoms with E-state index in [2.05, 4.69) is 13.8 Å². The Kier molecular flexibility index (Phi) is 5.02. The smallest absolute Gasteiger partial charge is 0.410 e. The zero-order valence-corrected chi connectivity index (χ0v) is 15.0. The van der Waals surface area contributed by atoms with Crippen LogP contribution >= 0.6 is 0 Å². The number of carboxylic acid groups (broad SMARTS) is 1. The maximum Gasteiger partial charge on any atom is 0.410 e. The van der Waals surface area contributed by atoms with Crippen molar-refractivity contribution in [1.82, 2.24) is 4.90 Å². The van der Waals surface area contributed by atoms with Crippen LogP contribution in [0.3, 0.4) is 0 Å². The molecule has 1 saturated heterocycles. The number of hydrogen-bond donors (Lipinski definition) is 1. The molecule has 0 aromatic heterocycles. The molecule has 2 aliphatic rings. The molecular weight excluding hydrogens is 318 g/mol. The molecule has 136 valence electrons. The number of rotatable bonds is 3. The zero-order chi connectivity index (χ0) is 18.0. The Morgan fingerprint density at radius 3 is 2.44 bits per heavy atom. The summed E-state index contributed by atoms with van der Waals surface area (Å²) in [6.07, 6.45) is 2.47. The lowest BCUT2D eigenvalue weighted by atomic mass is 9.62. The molecule has 1 heterocycles. The summed E-state index contributed by atoms with van der Waals surface area (Å²) < 4.78 is 5.42. The fraction of sp³-hybridized carbons (Fsp3) is 0.600. The molecule has 3 unspecified atom stereocenters. The number of hydrogen-bond acceptors (Lipinski definition) is 3. The summed E-state index contributed by atoms with van der Waals surface area (Å²) in [6, 6.07) is 9.53. The first kappa shape index (κ1) is 17.8. The van der Waals surface area contributed by atoms with E-state index in [4.69, 9.17) is 4.74 Å². The van der Waals surface area contributed by atoms with Crippen LogP contribution < -0.4 is 0 Å². The summed E-state index contributed by atoms with van der Waals surface area (Å²) in [5.41, 5.74) is 0.619. The lowest BCUT2D eigenvalue weighted by Gasteiger charge is -2.42. The summed E-state index contributed by atoms with van der Waals surface area (Å²) in [7, 11) is 0. The van der Waals surface area contributed by atoms with Gasteiger partial charge in [-0.25, -0.2) is 4.79 Å². The molecule has 25 heavy (non-hydrogen) atoms. The molecule has 1 aromatic rings. The van der Waals surface area contributed by atoms with Crippen LogP contribution in [-0.2, 0) is 16.1 Å². The van der Waals surface area contributed by atoms with E-state index in [0.29, 0.717) is 18.4 Å². The van der Waals surface area contributed by atoms with Gasteiger partial charge >= 0.3 is 12.1 Å². The number of amides is 1. The zero-order valence-electron chi connectivity index (χ0n) is 15.0. The van der Waals surface area contributed by atoms with Crippen LogP contribution in [0.5, 0.6) is 0 Å². The van der Waals surface area contributed by atoms with Gasteiger partial charge in [0.1, 0.15) is 6.61 Å². The van der Waals surface area contributed by atoms with Crippen molar-refractivity contribution in [3.8, 4) is 0 Å². The van der Waals surface area contributed by atoms with Gasteiger partial charge in [-0.3, -0.25) is 4.79 Å². The third-order valence-electron chi connectivity index (χ3n) is 5.72. The van der Waals surface area contributed by atoms with Crippen LogP contribution in [-0.4, -0.2) is 35.2 Å². The number of ether oxygens (including phenoxy) is 1. The third-order valence-corrected chi connectivity index (χ3v) is 5.72. The van der Waals surface area contributed by atoms with Crippen molar-refractivity contribution in [3.63, 3.8) is 0 Å². The second-order valence-electron chi connectivity index (χ2n) is 8.03. The van der Waals surface area contributed by atoms with Crippen LogP contribution in [0.15, 0.2) is 30.3 Å². The van der Waals surface area contributed by atoms with Gasteiger partial charge in [0.2, 0.25) is 0 Å². The van der Waals surface area contributed by atoms with E-state index < -0.39 is 18.0 Å². The van der Waals surface area contributed by atoms with E-state index in [-0.39, 0.29) is 18.6 Å². The lowest BCUT2D eigenvalue weighted by Crippen LogP contribution is -2.41. The first-order chi connectivity index (χ1) is 11.9. The van der Waals surface area contributed by atoms with E-state index in [0.717, 1.165) is 24.8 Å². The summed E-state index contributed by atoms with van der Waals surface area (Å²) in [5, 5.41) is 9.73. The van der Waals surface area contributed by atoms with Crippen molar-refractivity contribution in [2.45, 2.75) is 39.7 Å². The minimum Gasteiger partial charge on any atom is -0.481 e. The van der Waals surface area contributed by atoms with Crippen molar-refractivity contribution in [2.24, 2.45) is 23.2 Å². The van der Waals surface area contributed by atoms with Crippen molar-refractivity contribution < 1.29 is 19.4 Å². The Morgan fingerprint density at radius 2 is 1.84 bits per heavy atom.